The lowest BCUT2D eigenvalue weighted by Crippen LogP contribution is -2.32. The van der Waals surface area contributed by atoms with Crippen molar-refractivity contribution in [3.63, 3.8) is 0 Å². The van der Waals surface area contributed by atoms with Crippen molar-refractivity contribution in [3.8, 4) is 0 Å². The lowest BCUT2D eigenvalue weighted by molar-refractivity contribution is 0.00676. The molecule has 2 N–H and O–H groups in total. The van der Waals surface area contributed by atoms with Gasteiger partial charge in [-0.25, -0.2) is 9.59 Å². The van der Waals surface area contributed by atoms with Crippen molar-refractivity contribution in [2.45, 2.75) is 78.2 Å². The highest BCUT2D eigenvalue weighted by molar-refractivity contribution is 5.96. The van der Waals surface area contributed by atoms with Crippen LogP contribution in [0, 0.1) is 0 Å². The highest BCUT2D eigenvalue weighted by Gasteiger charge is 2.24. The number of aliphatic hydroxyl groups is 1. The molecular weight excluding hydrogens is 418 g/mol. The van der Waals surface area contributed by atoms with Crippen molar-refractivity contribution in [1.82, 2.24) is 5.32 Å². The van der Waals surface area contributed by atoms with E-state index in [1.165, 1.54) is 11.6 Å². The quantitative estimate of drug-likeness (QED) is 0.554. The van der Waals surface area contributed by atoms with Gasteiger partial charge in [0, 0.05) is 12.6 Å². The number of nitrogens with one attached hydrogen (secondary N) is 1. The Morgan fingerprint density at radius 3 is 1.82 bits per heavy atom. The van der Waals surface area contributed by atoms with Gasteiger partial charge < -0.3 is 19.9 Å². The van der Waals surface area contributed by atoms with Crippen LogP contribution < -0.4 is 5.32 Å². The average molecular weight is 456 g/mol. The van der Waals surface area contributed by atoms with Crippen LogP contribution in [0.25, 0.3) is 0 Å². The van der Waals surface area contributed by atoms with Crippen molar-refractivity contribution in [2.24, 2.45) is 0 Å². The molecule has 33 heavy (non-hydrogen) atoms. The first-order valence-electron chi connectivity index (χ1n) is 11.3. The lowest BCUT2D eigenvalue weighted by Gasteiger charge is -2.22. The minimum atomic E-state index is -0.924. The van der Waals surface area contributed by atoms with Crippen LogP contribution in [0.5, 0.6) is 0 Å². The number of carbonyl (C=O) groups is 2. The Balaban J connectivity index is 2.21. The summed E-state index contributed by atoms with van der Waals surface area (Å²) in [4.78, 5) is 25.4. The Morgan fingerprint density at radius 2 is 1.36 bits per heavy atom. The summed E-state index contributed by atoms with van der Waals surface area (Å²) >= 11 is 0. The van der Waals surface area contributed by atoms with Gasteiger partial charge in [0.25, 0.3) is 0 Å². The third-order valence-corrected chi connectivity index (χ3v) is 4.65. The molecule has 0 heterocycles. The highest BCUT2D eigenvalue weighted by Crippen LogP contribution is 2.22. The van der Waals surface area contributed by atoms with E-state index in [-0.39, 0.29) is 23.7 Å². The Hall–Kier alpha value is -2.70. The smallest absolute Gasteiger partial charge is 0.338 e. The Morgan fingerprint density at radius 1 is 0.879 bits per heavy atom. The highest BCUT2D eigenvalue weighted by atomic mass is 16.6. The van der Waals surface area contributed by atoms with E-state index in [0.717, 1.165) is 6.42 Å². The van der Waals surface area contributed by atoms with E-state index in [9.17, 15) is 14.7 Å². The molecule has 2 aromatic rings. The first-order valence-corrected chi connectivity index (χ1v) is 11.3. The van der Waals surface area contributed by atoms with Gasteiger partial charge in [-0.2, -0.15) is 0 Å². The predicted octanol–water partition coefficient (Wildman–Crippen LogP) is 4.85. The van der Waals surface area contributed by atoms with Crippen molar-refractivity contribution in [1.29, 1.82) is 0 Å². The molecule has 6 nitrogen and oxygen atoms in total. The third kappa shape index (κ3) is 9.36. The van der Waals surface area contributed by atoms with E-state index in [4.69, 9.17) is 9.47 Å². The number of esters is 2. The monoisotopic (exact) mass is 455 g/mol. The van der Waals surface area contributed by atoms with Crippen molar-refractivity contribution >= 4 is 11.9 Å². The van der Waals surface area contributed by atoms with E-state index in [0.29, 0.717) is 5.56 Å². The van der Waals surface area contributed by atoms with Crippen molar-refractivity contribution in [2.75, 3.05) is 6.54 Å². The van der Waals surface area contributed by atoms with E-state index in [1.54, 1.807) is 53.7 Å². The SMILES string of the molecule is CC(Cc1ccccc1)NC[C@H](O)c1cc(C(=O)OC(C)(C)C)cc(C(=O)OC(C)(C)C)c1. The van der Waals surface area contributed by atoms with Crippen molar-refractivity contribution in [3.05, 3.63) is 70.8 Å². The molecule has 0 saturated heterocycles. The topological polar surface area (TPSA) is 84.9 Å². The molecule has 0 aliphatic carbocycles. The number of hydrogen-bond donors (Lipinski definition) is 2. The minimum Gasteiger partial charge on any atom is -0.456 e. The molecule has 0 aliphatic rings. The molecule has 1 unspecified atom stereocenters. The number of carbonyl (C=O) groups excluding carboxylic acids is 2. The molecule has 0 aromatic heterocycles. The van der Waals surface area contributed by atoms with Crippen LogP contribution in [0.3, 0.4) is 0 Å². The fourth-order valence-corrected chi connectivity index (χ4v) is 3.22. The van der Waals surface area contributed by atoms with E-state index < -0.39 is 29.2 Å². The zero-order chi connectivity index (χ0) is 24.8. The van der Waals surface area contributed by atoms with Crippen LogP contribution in [-0.2, 0) is 15.9 Å². The molecule has 6 heteroatoms. The van der Waals surface area contributed by atoms with Crippen LogP contribution in [0.2, 0.25) is 0 Å². The summed E-state index contributed by atoms with van der Waals surface area (Å²) in [6.07, 6.45) is -0.110. The Bertz CT molecular complexity index is 895. The van der Waals surface area contributed by atoms with E-state index >= 15 is 0 Å². The molecule has 0 bridgehead atoms. The molecule has 0 spiro atoms. The fourth-order valence-electron chi connectivity index (χ4n) is 3.22. The van der Waals surface area contributed by atoms with Gasteiger partial charge >= 0.3 is 11.9 Å². The maximum Gasteiger partial charge on any atom is 0.338 e. The van der Waals surface area contributed by atoms with Gasteiger partial charge in [0.05, 0.1) is 17.2 Å². The maximum absolute atomic E-state index is 12.7. The van der Waals surface area contributed by atoms with E-state index in [2.05, 4.69) is 17.4 Å². The second-order valence-electron chi connectivity index (χ2n) is 10.4. The minimum absolute atomic E-state index is 0.126. The summed E-state index contributed by atoms with van der Waals surface area (Å²) in [5, 5.41) is 14.2. The summed E-state index contributed by atoms with van der Waals surface area (Å²) in [5.74, 6) is -1.13. The molecule has 180 valence electrons. The summed E-state index contributed by atoms with van der Waals surface area (Å²) in [6.45, 7) is 13.0. The van der Waals surface area contributed by atoms with Crippen LogP contribution in [0.15, 0.2) is 48.5 Å². The Kier molecular flexibility index (Phi) is 8.81. The molecule has 0 amide bonds. The standard InChI is InChI=1S/C27H37NO5/c1-18(13-19-11-9-8-10-12-19)28-17-23(29)20-14-21(24(30)32-26(2,3)4)16-22(15-20)25(31)33-27(5,6)7/h8-12,14-16,18,23,28-29H,13,17H2,1-7H3/t18?,23-/m0/s1. The van der Waals surface area contributed by atoms with Gasteiger partial charge in [0.1, 0.15) is 11.2 Å². The maximum atomic E-state index is 12.7. The average Bonchev–Trinajstić information content (AvgIpc) is 2.70. The van der Waals surface area contributed by atoms with Gasteiger partial charge in [-0.3, -0.25) is 0 Å². The molecule has 0 aliphatic heterocycles. The number of hydrogen-bond acceptors (Lipinski definition) is 6. The predicted molar refractivity (Wildman–Crippen MR) is 129 cm³/mol. The number of benzene rings is 2. The molecule has 2 rings (SSSR count). The first-order chi connectivity index (χ1) is 15.2. The summed E-state index contributed by atoms with van der Waals surface area (Å²) in [6, 6.07) is 14.8. The van der Waals surface area contributed by atoms with Crippen molar-refractivity contribution < 1.29 is 24.2 Å². The van der Waals surface area contributed by atoms with Gasteiger partial charge in [0.15, 0.2) is 0 Å². The summed E-state index contributed by atoms with van der Waals surface area (Å²) in [7, 11) is 0. The number of ether oxygens (including phenoxy) is 2. The van der Waals surface area contributed by atoms with Crippen LogP contribution in [-0.4, -0.2) is 40.8 Å². The summed E-state index contributed by atoms with van der Waals surface area (Å²) in [5.41, 5.74) is 0.655. The number of aliphatic hydroxyl groups excluding tert-OH is 1. The van der Waals surface area contributed by atoms with Gasteiger partial charge in [0.2, 0.25) is 0 Å². The zero-order valence-corrected chi connectivity index (χ0v) is 20.8. The molecule has 2 atom stereocenters. The number of rotatable bonds is 8. The van der Waals surface area contributed by atoms with Crippen LogP contribution >= 0.6 is 0 Å². The van der Waals surface area contributed by atoms with Gasteiger partial charge in [-0.1, -0.05) is 30.3 Å². The van der Waals surface area contributed by atoms with Gasteiger partial charge in [-0.15, -0.1) is 0 Å². The zero-order valence-electron chi connectivity index (χ0n) is 20.8. The Labute approximate surface area is 197 Å². The molecule has 0 saturated carbocycles. The second-order valence-corrected chi connectivity index (χ2v) is 10.4. The van der Waals surface area contributed by atoms with E-state index in [1.807, 2.05) is 25.1 Å². The normalized spacial score (nSPS) is 13.8. The molecule has 0 fully saturated rings. The largest absolute Gasteiger partial charge is 0.456 e. The molecular formula is C27H37NO5. The van der Waals surface area contributed by atoms with Crippen LogP contribution in [0.1, 0.15) is 86.4 Å². The lowest BCUT2D eigenvalue weighted by atomic mass is 10.0. The summed E-state index contributed by atoms with van der Waals surface area (Å²) < 4.78 is 10.9. The molecule has 2 aromatic carbocycles. The molecule has 0 radical (unpaired) electrons. The van der Waals surface area contributed by atoms with Gasteiger partial charge in [-0.05, 0) is 84.2 Å². The van der Waals surface area contributed by atoms with Crippen LogP contribution in [0.4, 0.5) is 0 Å². The fraction of sp³-hybridized carbons (Fsp3) is 0.481. The second kappa shape index (κ2) is 10.9. The third-order valence-electron chi connectivity index (χ3n) is 4.65. The first kappa shape index (κ1) is 26.6.